The first kappa shape index (κ1) is 32.1. The smallest absolute Gasteiger partial charge is 0.437 e. The maximum atomic E-state index is 15.0. The second kappa shape index (κ2) is 17.4. The zero-order valence-electron chi connectivity index (χ0n) is 24.1. The molecule has 3 aromatic rings. The summed E-state index contributed by atoms with van der Waals surface area (Å²) in [6.07, 6.45) is 18.2. The molecule has 0 fully saturated rings. The number of rotatable bonds is 19. The van der Waals surface area contributed by atoms with Gasteiger partial charge in [-0.05, 0) is 55.0 Å². The van der Waals surface area contributed by atoms with Crippen LogP contribution in [0.1, 0.15) is 96.8 Å². The van der Waals surface area contributed by atoms with Gasteiger partial charge in [-0.15, -0.1) is 0 Å². The van der Waals surface area contributed by atoms with E-state index >= 15 is 13.2 Å². The van der Waals surface area contributed by atoms with E-state index in [1.807, 2.05) is 0 Å². The Labute approximate surface area is 241 Å². The lowest BCUT2D eigenvalue weighted by molar-refractivity contribution is -0.0386. The van der Waals surface area contributed by atoms with E-state index in [0.717, 1.165) is 12.8 Å². The van der Waals surface area contributed by atoms with Crippen molar-refractivity contribution in [3.05, 3.63) is 84.9 Å². The summed E-state index contributed by atoms with van der Waals surface area (Å²) < 4.78 is 51.0. The minimum Gasteiger partial charge on any atom is -0.494 e. The van der Waals surface area contributed by atoms with Crippen molar-refractivity contribution in [2.24, 2.45) is 0 Å². The van der Waals surface area contributed by atoms with Gasteiger partial charge in [0.15, 0.2) is 0 Å². The van der Waals surface area contributed by atoms with E-state index in [4.69, 9.17) is 4.74 Å². The summed E-state index contributed by atoms with van der Waals surface area (Å²) in [4.78, 5) is 0.829. The highest BCUT2D eigenvalue weighted by molar-refractivity contribution is 8.34. The predicted octanol–water partition coefficient (Wildman–Crippen LogP) is 12.3. The van der Waals surface area contributed by atoms with E-state index in [0.29, 0.717) is 12.4 Å². The summed E-state index contributed by atoms with van der Waals surface area (Å²) in [6, 6.07) is 23.2. The first-order valence-electron chi connectivity index (χ1n) is 15.2. The molecule has 0 spiro atoms. The van der Waals surface area contributed by atoms with Gasteiger partial charge in [-0.1, -0.05) is 137 Å². The van der Waals surface area contributed by atoms with Crippen LogP contribution >= 0.6 is 10.0 Å². The molecule has 0 aliphatic rings. The lowest BCUT2D eigenvalue weighted by Crippen LogP contribution is -2.22. The lowest BCUT2D eigenvalue weighted by Gasteiger charge is -2.42. The fraction of sp³-hybridized carbons (Fsp3) is 0.486. The number of alkyl halides is 3. The van der Waals surface area contributed by atoms with E-state index in [2.05, 4.69) is 6.92 Å². The summed E-state index contributed by atoms with van der Waals surface area (Å²) in [5.41, 5.74) is -4.45. The fourth-order valence-electron chi connectivity index (χ4n) is 5.28. The maximum absolute atomic E-state index is 15.0. The minimum atomic E-state index is -4.45. The van der Waals surface area contributed by atoms with Crippen LogP contribution in [0.3, 0.4) is 0 Å². The molecule has 0 aromatic heterocycles. The third-order valence-corrected chi connectivity index (χ3v) is 11.1. The van der Waals surface area contributed by atoms with E-state index in [-0.39, 0.29) is 14.7 Å². The molecule has 0 atom stereocenters. The molecule has 1 nitrogen and oxygen atoms in total. The Morgan fingerprint density at radius 1 is 0.500 bits per heavy atom. The van der Waals surface area contributed by atoms with Gasteiger partial charge in [-0.25, -0.2) is 0 Å². The van der Waals surface area contributed by atoms with Crippen molar-refractivity contribution < 1.29 is 17.9 Å². The van der Waals surface area contributed by atoms with Crippen LogP contribution in [0.5, 0.6) is 5.75 Å². The highest BCUT2D eigenvalue weighted by Gasteiger charge is 2.53. The molecule has 0 saturated heterocycles. The van der Waals surface area contributed by atoms with Gasteiger partial charge < -0.3 is 4.74 Å². The van der Waals surface area contributed by atoms with Gasteiger partial charge in [0.05, 0.1) is 6.61 Å². The van der Waals surface area contributed by atoms with Crippen LogP contribution in [-0.4, -0.2) is 12.1 Å². The standard InChI is InChI=1S/C35H47F3OS/c1-2-3-4-5-6-7-8-9-10-11-12-13-14-21-30-39-31-26-28-34(29-27-31)40(35(36,37)38,32-22-17-15-18-23-32)33-24-19-16-20-25-33/h15-20,22-29H,2-14,21,30H2,1H3. The molecule has 0 aliphatic heterocycles. The minimum absolute atomic E-state index is 0.265. The largest absolute Gasteiger partial charge is 0.494 e. The van der Waals surface area contributed by atoms with Gasteiger partial charge in [0.2, 0.25) is 0 Å². The second-order valence-electron chi connectivity index (χ2n) is 10.6. The topological polar surface area (TPSA) is 9.23 Å². The predicted molar refractivity (Wildman–Crippen MR) is 164 cm³/mol. The molecule has 3 aromatic carbocycles. The molecule has 5 heteroatoms. The molecular weight excluding hydrogens is 525 g/mol. The third-order valence-electron chi connectivity index (χ3n) is 7.48. The van der Waals surface area contributed by atoms with Crippen LogP contribution in [-0.2, 0) is 0 Å². The van der Waals surface area contributed by atoms with Crippen LogP contribution in [0.4, 0.5) is 13.2 Å². The van der Waals surface area contributed by atoms with Crippen molar-refractivity contribution >= 4 is 10.0 Å². The third kappa shape index (κ3) is 9.33. The summed E-state index contributed by atoms with van der Waals surface area (Å²) in [5.74, 6) is 0.620. The number of hydrogen-bond donors (Lipinski definition) is 0. The van der Waals surface area contributed by atoms with Gasteiger partial charge in [0, 0.05) is 14.7 Å². The Kier molecular flexibility index (Phi) is 14.0. The summed E-state index contributed by atoms with van der Waals surface area (Å²) >= 11 is 0. The maximum Gasteiger partial charge on any atom is 0.437 e. The fourth-order valence-corrected chi connectivity index (χ4v) is 8.58. The van der Waals surface area contributed by atoms with Crippen molar-refractivity contribution in [3.63, 3.8) is 0 Å². The average molecular weight is 573 g/mol. The summed E-state index contributed by atoms with van der Waals surface area (Å²) in [7, 11) is -3.47. The summed E-state index contributed by atoms with van der Waals surface area (Å²) in [6.45, 7) is 2.85. The van der Waals surface area contributed by atoms with Crippen LogP contribution < -0.4 is 4.74 Å². The van der Waals surface area contributed by atoms with Gasteiger partial charge in [0.25, 0.3) is 0 Å². The van der Waals surface area contributed by atoms with Crippen LogP contribution in [0.2, 0.25) is 0 Å². The molecule has 0 saturated carbocycles. The SMILES string of the molecule is CCCCCCCCCCCCCCCCOc1ccc(S(c2ccccc2)(c2ccccc2)C(F)(F)F)cc1. The molecule has 220 valence electrons. The number of unbranched alkanes of at least 4 members (excludes halogenated alkanes) is 13. The molecular formula is C35H47F3OS. The van der Waals surface area contributed by atoms with E-state index in [1.54, 1.807) is 84.9 Å². The molecule has 0 heterocycles. The Hall–Kier alpha value is -2.40. The zero-order chi connectivity index (χ0) is 28.5. The first-order valence-corrected chi connectivity index (χ1v) is 16.9. The first-order chi connectivity index (χ1) is 19.5. The Morgan fingerprint density at radius 3 is 1.27 bits per heavy atom. The van der Waals surface area contributed by atoms with E-state index in [1.165, 1.54) is 77.0 Å². The van der Waals surface area contributed by atoms with E-state index in [9.17, 15) is 0 Å². The number of hydrogen-bond acceptors (Lipinski definition) is 1. The van der Waals surface area contributed by atoms with Crippen LogP contribution in [0, 0.1) is 0 Å². The highest BCUT2D eigenvalue weighted by Crippen LogP contribution is 2.77. The normalized spacial score (nSPS) is 12.4. The molecule has 0 unspecified atom stereocenters. The van der Waals surface area contributed by atoms with Gasteiger partial charge in [0.1, 0.15) is 5.75 Å². The average Bonchev–Trinajstić information content (AvgIpc) is 2.96. The lowest BCUT2D eigenvalue weighted by atomic mass is 10.0. The number of benzene rings is 3. The molecule has 0 N–H and O–H groups in total. The zero-order valence-corrected chi connectivity index (χ0v) is 25.0. The van der Waals surface area contributed by atoms with Crippen LogP contribution in [0.15, 0.2) is 99.6 Å². The molecule has 0 bridgehead atoms. The molecule has 40 heavy (non-hydrogen) atoms. The highest BCUT2D eigenvalue weighted by atomic mass is 32.3. The number of halogens is 3. The number of ether oxygens (including phenoxy) is 1. The quantitative estimate of drug-likeness (QED) is 0.130. The van der Waals surface area contributed by atoms with Crippen molar-refractivity contribution in [2.45, 2.75) is 117 Å². The Bertz CT molecular complexity index is 1010. The molecule has 3 rings (SSSR count). The second-order valence-corrected chi connectivity index (χ2v) is 13.7. The van der Waals surface area contributed by atoms with Crippen molar-refractivity contribution in [1.82, 2.24) is 0 Å². The van der Waals surface area contributed by atoms with E-state index < -0.39 is 15.5 Å². The molecule has 0 amide bonds. The van der Waals surface area contributed by atoms with Crippen molar-refractivity contribution in [3.8, 4) is 5.75 Å². The van der Waals surface area contributed by atoms with Crippen molar-refractivity contribution in [2.75, 3.05) is 6.61 Å². The monoisotopic (exact) mass is 572 g/mol. The summed E-state index contributed by atoms with van der Waals surface area (Å²) in [5, 5.41) is 0. The van der Waals surface area contributed by atoms with Crippen LogP contribution in [0.25, 0.3) is 0 Å². The molecule has 0 radical (unpaired) electrons. The van der Waals surface area contributed by atoms with Crippen molar-refractivity contribution in [1.29, 1.82) is 0 Å². The molecule has 0 aliphatic carbocycles. The van der Waals surface area contributed by atoms with Gasteiger partial charge >= 0.3 is 5.51 Å². The Balaban J connectivity index is 1.45. The Morgan fingerprint density at radius 2 is 0.875 bits per heavy atom. The van der Waals surface area contributed by atoms with Gasteiger partial charge in [-0.2, -0.15) is 13.2 Å². The van der Waals surface area contributed by atoms with Gasteiger partial charge in [-0.3, -0.25) is 0 Å².